The lowest BCUT2D eigenvalue weighted by Crippen LogP contribution is -2.37. The van der Waals surface area contributed by atoms with Crippen LogP contribution in [0.1, 0.15) is 67.3 Å². The van der Waals surface area contributed by atoms with E-state index < -0.39 is 0 Å². The van der Waals surface area contributed by atoms with Crippen LogP contribution in [0.15, 0.2) is 29.3 Å². The van der Waals surface area contributed by atoms with Crippen molar-refractivity contribution in [2.75, 3.05) is 33.4 Å². The molecule has 7 nitrogen and oxygen atoms in total. The second kappa shape index (κ2) is 15.4. The quantitative estimate of drug-likeness (QED) is 0.177. The van der Waals surface area contributed by atoms with Crippen LogP contribution >= 0.6 is 24.0 Å². The molecule has 1 atom stereocenters. The lowest BCUT2D eigenvalue weighted by atomic mass is 9.98. The number of nitrogens with zero attached hydrogens (tertiary/aromatic N) is 1. The molecule has 1 aromatic rings. The Hall–Kier alpha value is -1.39. The van der Waals surface area contributed by atoms with Crippen LogP contribution in [-0.2, 0) is 16.0 Å². The highest BCUT2D eigenvalue weighted by Crippen LogP contribution is 2.20. The maximum absolute atomic E-state index is 12.4. The fourth-order valence-electron chi connectivity index (χ4n) is 4.10. The summed E-state index contributed by atoms with van der Waals surface area (Å²) in [5.74, 6) is 0.698. The van der Waals surface area contributed by atoms with Gasteiger partial charge in [0.1, 0.15) is 0 Å². The Kier molecular flexibility index (Phi) is 13.0. The summed E-state index contributed by atoms with van der Waals surface area (Å²) in [5, 5.41) is 9.62. The molecule has 0 aromatic heterocycles. The van der Waals surface area contributed by atoms with E-state index in [0.29, 0.717) is 24.8 Å². The first-order valence-electron chi connectivity index (χ1n) is 11.8. The molecular formula is C24H39IN4O3. The average Bonchev–Trinajstić information content (AvgIpc) is 3.34. The SMILES string of the molecule is CN=C(NCCCOC1CCCCC1)NCc1cccc(C(=O)NCC2CCCO2)c1.I. The van der Waals surface area contributed by atoms with Crippen LogP contribution in [0.25, 0.3) is 0 Å². The van der Waals surface area contributed by atoms with E-state index in [2.05, 4.69) is 20.9 Å². The summed E-state index contributed by atoms with van der Waals surface area (Å²) in [7, 11) is 1.77. The number of hydrogen-bond donors (Lipinski definition) is 3. The van der Waals surface area contributed by atoms with Crippen LogP contribution in [0.2, 0.25) is 0 Å². The maximum Gasteiger partial charge on any atom is 0.251 e. The van der Waals surface area contributed by atoms with Crippen LogP contribution in [0.5, 0.6) is 0 Å². The van der Waals surface area contributed by atoms with Crippen molar-refractivity contribution in [2.45, 2.75) is 70.1 Å². The van der Waals surface area contributed by atoms with Crippen molar-refractivity contribution >= 4 is 35.8 Å². The van der Waals surface area contributed by atoms with Gasteiger partial charge in [-0.05, 0) is 49.8 Å². The van der Waals surface area contributed by atoms with Gasteiger partial charge in [-0.3, -0.25) is 9.79 Å². The number of carbonyl (C=O) groups excluding carboxylic acids is 1. The van der Waals surface area contributed by atoms with Crippen molar-refractivity contribution in [1.82, 2.24) is 16.0 Å². The highest BCUT2D eigenvalue weighted by atomic mass is 127. The zero-order chi connectivity index (χ0) is 21.7. The van der Waals surface area contributed by atoms with Gasteiger partial charge < -0.3 is 25.4 Å². The zero-order valence-electron chi connectivity index (χ0n) is 19.2. The normalized spacial score (nSPS) is 19.3. The highest BCUT2D eigenvalue weighted by molar-refractivity contribution is 14.0. The van der Waals surface area contributed by atoms with Crippen molar-refractivity contribution in [2.24, 2.45) is 4.99 Å². The summed E-state index contributed by atoms with van der Waals surface area (Å²) < 4.78 is 11.5. The molecule has 0 bridgehead atoms. The second-order valence-corrected chi connectivity index (χ2v) is 8.38. The number of amides is 1. The number of carbonyl (C=O) groups is 1. The van der Waals surface area contributed by atoms with E-state index in [4.69, 9.17) is 9.47 Å². The number of rotatable bonds is 10. The fourth-order valence-corrected chi connectivity index (χ4v) is 4.10. The summed E-state index contributed by atoms with van der Waals surface area (Å²) in [6.07, 6.45) is 10.0. The molecule has 1 aliphatic carbocycles. The van der Waals surface area contributed by atoms with Crippen LogP contribution in [0.4, 0.5) is 0 Å². The van der Waals surface area contributed by atoms with Crippen molar-refractivity contribution in [3.05, 3.63) is 35.4 Å². The largest absolute Gasteiger partial charge is 0.378 e. The number of ether oxygens (including phenoxy) is 2. The molecule has 2 fully saturated rings. The van der Waals surface area contributed by atoms with Gasteiger partial charge in [0.15, 0.2) is 5.96 Å². The number of nitrogens with one attached hydrogen (secondary N) is 3. The molecule has 0 spiro atoms. The third kappa shape index (κ3) is 9.62. The predicted molar refractivity (Wildman–Crippen MR) is 139 cm³/mol. The Labute approximate surface area is 209 Å². The van der Waals surface area contributed by atoms with Crippen molar-refractivity contribution in [3.63, 3.8) is 0 Å². The number of hydrogen-bond acceptors (Lipinski definition) is 4. The molecule has 1 aliphatic heterocycles. The molecule has 1 unspecified atom stereocenters. The first-order valence-corrected chi connectivity index (χ1v) is 11.8. The van der Waals surface area contributed by atoms with Gasteiger partial charge in [0, 0.05) is 45.5 Å². The third-order valence-electron chi connectivity index (χ3n) is 5.91. The topological polar surface area (TPSA) is 84.0 Å². The zero-order valence-corrected chi connectivity index (χ0v) is 21.6. The first-order chi connectivity index (χ1) is 15.2. The number of halogens is 1. The maximum atomic E-state index is 12.4. The van der Waals surface area contributed by atoms with Crippen molar-refractivity contribution in [3.8, 4) is 0 Å². The van der Waals surface area contributed by atoms with Gasteiger partial charge in [-0.25, -0.2) is 0 Å². The van der Waals surface area contributed by atoms with Gasteiger partial charge in [0.2, 0.25) is 0 Å². The minimum atomic E-state index is -0.0576. The van der Waals surface area contributed by atoms with E-state index in [0.717, 1.165) is 50.5 Å². The number of guanidine groups is 1. The molecule has 3 N–H and O–H groups in total. The van der Waals surface area contributed by atoms with Crippen LogP contribution in [-0.4, -0.2) is 57.4 Å². The Morgan fingerprint density at radius 3 is 2.72 bits per heavy atom. The monoisotopic (exact) mass is 558 g/mol. The van der Waals surface area contributed by atoms with E-state index >= 15 is 0 Å². The van der Waals surface area contributed by atoms with Crippen molar-refractivity contribution in [1.29, 1.82) is 0 Å². The van der Waals surface area contributed by atoms with E-state index in [1.165, 1.54) is 32.1 Å². The average molecular weight is 559 g/mol. The number of benzene rings is 1. The molecule has 1 saturated carbocycles. The minimum Gasteiger partial charge on any atom is -0.378 e. The molecule has 3 rings (SSSR count). The highest BCUT2D eigenvalue weighted by Gasteiger charge is 2.17. The van der Waals surface area contributed by atoms with Crippen LogP contribution in [0, 0.1) is 0 Å². The van der Waals surface area contributed by atoms with Crippen molar-refractivity contribution < 1.29 is 14.3 Å². The van der Waals surface area contributed by atoms with E-state index in [1.54, 1.807) is 7.05 Å². The fraction of sp³-hybridized carbons (Fsp3) is 0.667. The first kappa shape index (κ1) is 26.9. The Bertz CT molecular complexity index is 704. The summed E-state index contributed by atoms with van der Waals surface area (Å²) in [5.41, 5.74) is 1.70. The molecule has 32 heavy (non-hydrogen) atoms. The molecule has 1 amide bonds. The predicted octanol–water partition coefficient (Wildman–Crippen LogP) is 3.62. The lowest BCUT2D eigenvalue weighted by Gasteiger charge is -2.22. The summed E-state index contributed by atoms with van der Waals surface area (Å²) in [6.45, 7) is 3.58. The van der Waals surface area contributed by atoms with Gasteiger partial charge in [0.05, 0.1) is 12.2 Å². The summed E-state index contributed by atoms with van der Waals surface area (Å²) in [6, 6.07) is 7.68. The van der Waals surface area contributed by atoms with Crippen LogP contribution in [0.3, 0.4) is 0 Å². The standard InChI is InChI=1S/C24H38N4O3.HI/c1-25-24(26-13-7-15-30-21-10-3-2-4-11-21)28-17-19-8-5-9-20(16-19)23(29)27-18-22-12-6-14-31-22;/h5,8-9,16,21-22H,2-4,6-7,10-15,17-18H2,1H3,(H,27,29)(H2,25,26,28);1H. The Morgan fingerprint density at radius 1 is 1.12 bits per heavy atom. The van der Waals surface area contributed by atoms with E-state index in [-0.39, 0.29) is 36.0 Å². The molecule has 1 aromatic carbocycles. The Balaban J connectivity index is 0.00000363. The van der Waals surface area contributed by atoms with E-state index in [1.807, 2.05) is 24.3 Å². The molecule has 1 heterocycles. The molecule has 2 aliphatic rings. The molecule has 1 saturated heterocycles. The lowest BCUT2D eigenvalue weighted by molar-refractivity contribution is 0.0277. The van der Waals surface area contributed by atoms with E-state index in [9.17, 15) is 4.79 Å². The number of aliphatic imine (C=N–C) groups is 1. The van der Waals surface area contributed by atoms with Gasteiger partial charge >= 0.3 is 0 Å². The Morgan fingerprint density at radius 2 is 1.97 bits per heavy atom. The smallest absolute Gasteiger partial charge is 0.251 e. The second-order valence-electron chi connectivity index (χ2n) is 8.38. The van der Waals surface area contributed by atoms with Gasteiger partial charge in [-0.1, -0.05) is 31.4 Å². The van der Waals surface area contributed by atoms with Gasteiger partial charge in [0.25, 0.3) is 5.91 Å². The van der Waals surface area contributed by atoms with Gasteiger partial charge in [-0.15, -0.1) is 24.0 Å². The molecule has 8 heteroatoms. The third-order valence-corrected chi connectivity index (χ3v) is 5.91. The molecule has 180 valence electrons. The summed E-state index contributed by atoms with van der Waals surface area (Å²) >= 11 is 0. The molecular weight excluding hydrogens is 519 g/mol. The van der Waals surface area contributed by atoms with Gasteiger partial charge in [-0.2, -0.15) is 0 Å². The minimum absolute atomic E-state index is 0. The van der Waals surface area contributed by atoms with Crippen LogP contribution < -0.4 is 16.0 Å². The summed E-state index contributed by atoms with van der Waals surface area (Å²) in [4.78, 5) is 16.7. The molecule has 0 radical (unpaired) electrons.